The fourth-order valence-electron chi connectivity index (χ4n) is 2.45. The lowest BCUT2D eigenvalue weighted by atomic mass is 9.95. The average Bonchev–Trinajstić information content (AvgIpc) is 2.73. The summed E-state index contributed by atoms with van der Waals surface area (Å²) in [5.41, 5.74) is 3.08. The molecule has 23 heavy (non-hydrogen) atoms. The van der Waals surface area contributed by atoms with E-state index in [2.05, 4.69) is 0 Å². The van der Waals surface area contributed by atoms with Gasteiger partial charge in [-0.15, -0.1) is 0 Å². The van der Waals surface area contributed by atoms with E-state index < -0.39 is 12.3 Å². The first-order valence-corrected chi connectivity index (χ1v) is 7.87. The number of carbonyl (C=O) groups excluding carboxylic acids is 1. The Morgan fingerprint density at radius 2 is 1.96 bits per heavy atom. The minimum absolute atomic E-state index is 0.329. The molecule has 0 spiro atoms. The number of rotatable bonds is 6. The van der Waals surface area contributed by atoms with Crippen molar-refractivity contribution in [1.29, 1.82) is 0 Å². The third-order valence-electron chi connectivity index (χ3n) is 3.55. The smallest absolute Gasteiger partial charge is 0.341 e. The molecule has 0 unspecified atom stereocenters. The van der Waals surface area contributed by atoms with Crippen molar-refractivity contribution in [3.8, 4) is 5.75 Å². The van der Waals surface area contributed by atoms with Gasteiger partial charge in [0.15, 0.2) is 0 Å². The number of allylic oxidation sites excluding steroid dienone is 1. The first-order chi connectivity index (χ1) is 10.9. The van der Waals surface area contributed by atoms with Crippen molar-refractivity contribution in [2.24, 2.45) is 5.92 Å². The molecule has 2 rings (SSSR count). The molecule has 4 nitrogen and oxygen atoms in total. The third-order valence-corrected chi connectivity index (χ3v) is 3.55. The lowest BCUT2D eigenvalue weighted by molar-refractivity contribution is -0.150. The second-order valence-corrected chi connectivity index (χ2v) is 6.37. The van der Waals surface area contributed by atoms with Gasteiger partial charge >= 0.3 is 5.97 Å². The Labute approximate surface area is 137 Å². The summed E-state index contributed by atoms with van der Waals surface area (Å²) < 4.78 is 10.6. The molecule has 0 fully saturated rings. The highest BCUT2D eigenvalue weighted by Gasteiger charge is 2.33. The SMILES string of the molecule is CC(C)=CCOc1ccc(C2=C(CC(C)C)[C@H](O)OC2=O)cc1. The van der Waals surface area contributed by atoms with Gasteiger partial charge in [0, 0.05) is 5.57 Å². The van der Waals surface area contributed by atoms with Crippen LogP contribution >= 0.6 is 0 Å². The van der Waals surface area contributed by atoms with Crippen LogP contribution in [0.5, 0.6) is 5.75 Å². The number of hydrogen-bond donors (Lipinski definition) is 1. The molecule has 1 aromatic rings. The molecule has 1 aliphatic heterocycles. The van der Waals surface area contributed by atoms with Gasteiger partial charge in [0.1, 0.15) is 12.4 Å². The molecule has 1 atom stereocenters. The van der Waals surface area contributed by atoms with Crippen LogP contribution in [-0.4, -0.2) is 24.0 Å². The number of esters is 1. The largest absolute Gasteiger partial charge is 0.490 e. The molecule has 0 radical (unpaired) electrons. The molecule has 1 N–H and O–H groups in total. The van der Waals surface area contributed by atoms with E-state index in [9.17, 15) is 9.90 Å². The molecule has 0 amide bonds. The van der Waals surface area contributed by atoms with Crippen LogP contribution in [0.25, 0.3) is 5.57 Å². The number of cyclic esters (lactones) is 1. The van der Waals surface area contributed by atoms with Gasteiger partial charge in [-0.3, -0.25) is 0 Å². The number of aliphatic hydroxyl groups is 1. The molecule has 1 aliphatic rings. The summed E-state index contributed by atoms with van der Waals surface area (Å²) >= 11 is 0. The van der Waals surface area contributed by atoms with Crippen molar-refractivity contribution >= 4 is 11.5 Å². The zero-order valence-corrected chi connectivity index (χ0v) is 14.1. The molecular formula is C19H24O4. The summed E-state index contributed by atoms with van der Waals surface area (Å²) in [7, 11) is 0. The van der Waals surface area contributed by atoms with Crippen LogP contribution in [0.15, 0.2) is 41.5 Å². The fourth-order valence-corrected chi connectivity index (χ4v) is 2.45. The number of carbonyl (C=O) groups is 1. The van der Waals surface area contributed by atoms with Gasteiger partial charge in [0.25, 0.3) is 0 Å². The van der Waals surface area contributed by atoms with Crippen LogP contribution in [0.4, 0.5) is 0 Å². The Kier molecular flexibility index (Phi) is 5.61. The van der Waals surface area contributed by atoms with Crippen molar-refractivity contribution in [3.05, 3.63) is 47.1 Å². The predicted molar refractivity (Wildman–Crippen MR) is 89.8 cm³/mol. The van der Waals surface area contributed by atoms with E-state index in [1.165, 1.54) is 5.57 Å². The van der Waals surface area contributed by atoms with E-state index >= 15 is 0 Å². The summed E-state index contributed by atoms with van der Waals surface area (Å²) in [5, 5.41) is 9.93. The van der Waals surface area contributed by atoms with Crippen LogP contribution in [0, 0.1) is 5.92 Å². The number of hydrogen-bond acceptors (Lipinski definition) is 4. The molecular weight excluding hydrogens is 292 g/mol. The van der Waals surface area contributed by atoms with E-state index in [0.29, 0.717) is 30.1 Å². The van der Waals surface area contributed by atoms with Crippen molar-refractivity contribution in [2.45, 2.75) is 40.4 Å². The predicted octanol–water partition coefficient (Wildman–Crippen LogP) is 3.71. The molecule has 1 heterocycles. The quantitative estimate of drug-likeness (QED) is 0.642. The molecule has 0 aliphatic carbocycles. The lowest BCUT2D eigenvalue weighted by Gasteiger charge is -2.10. The maximum atomic E-state index is 12.0. The summed E-state index contributed by atoms with van der Waals surface area (Å²) in [5.74, 6) is 0.603. The molecule has 0 bridgehead atoms. The van der Waals surface area contributed by atoms with Crippen LogP contribution in [0.3, 0.4) is 0 Å². The summed E-state index contributed by atoms with van der Waals surface area (Å²) in [4.78, 5) is 12.0. The van der Waals surface area contributed by atoms with Crippen molar-refractivity contribution < 1.29 is 19.4 Å². The molecule has 0 aromatic heterocycles. The van der Waals surface area contributed by atoms with Gasteiger partial charge in [-0.1, -0.05) is 31.6 Å². The maximum Gasteiger partial charge on any atom is 0.341 e. The Bertz CT molecular complexity index is 619. The Morgan fingerprint density at radius 3 is 2.52 bits per heavy atom. The van der Waals surface area contributed by atoms with Crippen LogP contribution in [-0.2, 0) is 9.53 Å². The minimum Gasteiger partial charge on any atom is -0.490 e. The zero-order chi connectivity index (χ0) is 17.0. The molecule has 124 valence electrons. The van der Waals surface area contributed by atoms with Gasteiger partial charge in [0.2, 0.25) is 6.29 Å². The lowest BCUT2D eigenvalue weighted by Crippen LogP contribution is -2.11. The summed E-state index contributed by atoms with van der Waals surface area (Å²) in [6.45, 7) is 8.64. The number of ether oxygens (including phenoxy) is 2. The van der Waals surface area contributed by atoms with E-state index in [1.807, 2.05) is 58.0 Å². The molecule has 0 saturated heterocycles. The van der Waals surface area contributed by atoms with E-state index in [1.54, 1.807) is 0 Å². The van der Waals surface area contributed by atoms with E-state index in [4.69, 9.17) is 9.47 Å². The monoisotopic (exact) mass is 316 g/mol. The first kappa shape index (κ1) is 17.3. The van der Waals surface area contributed by atoms with Crippen LogP contribution < -0.4 is 4.74 Å². The zero-order valence-electron chi connectivity index (χ0n) is 14.1. The Morgan fingerprint density at radius 1 is 1.30 bits per heavy atom. The number of benzene rings is 1. The fraction of sp³-hybridized carbons (Fsp3) is 0.421. The van der Waals surface area contributed by atoms with Crippen molar-refractivity contribution in [1.82, 2.24) is 0 Å². The normalized spacial score (nSPS) is 17.5. The van der Waals surface area contributed by atoms with Crippen LogP contribution in [0.2, 0.25) is 0 Å². The average molecular weight is 316 g/mol. The minimum atomic E-state index is -1.13. The Hall–Kier alpha value is -2.07. The topological polar surface area (TPSA) is 55.8 Å². The highest BCUT2D eigenvalue weighted by Crippen LogP contribution is 2.34. The maximum absolute atomic E-state index is 12.0. The standard InChI is InChI=1S/C19H24O4/c1-12(2)9-10-22-15-7-5-14(6-8-15)17-16(11-13(3)4)18(20)23-19(17)21/h5-9,13,18,20H,10-11H2,1-4H3/t18-/m1/s1. The van der Waals surface area contributed by atoms with E-state index in [-0.39, 0.29) is 0 Å². The van der Waals surface area contributed by atoms with Crippen molar-refractivity contribution in [2.75, 3.05) is 6.61 Å². The van der Waals surface area contributed by atoms with Crippen molar-refractivity contribution in [3.63, 3.8) is 0 Å². The highest BCUT2D eigenvalue weighted by molar-refractivity contribution is 6.19. The first-order valence-electron chi connectivity index (χ1n) is 7.87. The van der Waals surface area contributed by atoms with Crippen LogP contribution in [0.1, 0.15) is 39.7 Å². The summed E-state index contributed by atoms with van der Waals surface area (Å²) in [6.07, 6.45) is 1.50. The second kappa shape index (κ2) is 7.47. The number of aliphatic hydroxyl groups excluding tert-OH is 1. The molecule has 4 heteroatoms. The van der Waals surface area contributed by atoms with Gasteiger partial charge < -0.3 is 14.6 Å². The van der Waals surface area contributed by atoms with Gasteiger partial charge in [-0.25, -0.2) is 4.79 Å². The van der Waals surface area contributed by atoms with Gasteiger partial charge in [-0.05, 0) is 50.0 Å². The highest BCUT2D eigenvalue weighted by atomic mass is 16.6. The van der Waals surface area contributed by atoms with Gasteiger partial charge in [-0.2, -0.15) is 0 Å². The van der Waals surface area contributed by atoms with Gasteiger partial charge in [0.05, 0.1) is 5.57 Å². The second-order valence-electron chi connectivity index (χ2n) is 6.37. The molecule has 0 saturated carbocycles. The van der Waals surface area contributed by atoms with E-state index in [0.717, 1.165) is 11.3 Å². The molecule has 1 aromatic carbocycles. The Balaban J connectivity index is 2.21. The summed E-state index contributed by atoms with van der Waals surface area (Å²) in [6, 6.07) is 7.30. The third kappa shape index (κ3) is 4.45.